The van der Waals surface area contributed by atoms with Crippen LogP contribution in [-0.2, 0) is 4.74 Å². The van der Waals surface area contributed by atoms with Crippen molar-refractivity contribution in [1.82, 2.24) is 4.98 Å². The van der Waals surface area contributed by atoms with E-state index in [1.165, 1.54) is 16.3 Å². The Kier molecular flexibility index (Phi) is 7.69. The number of nitrogens with zero attached hydrogens (tertiary/aromatic N) is 1. The second-order valence-electron chi connectivity index (χ2n) is 7.88. The number of ether oxygens (including phenoxy) is 1. The van der Waals surface area contributed by atoms with Gasteiger partial charge in [0.15, 0.2) is 5.13 Å². The van der Waals surface area contributed by atoms with Gasteiger partial charge in [0.05, 0.1) is 17.3 Å². The fourth-order valence-corrected chi connectivity index (χ4v) is 5.31. The largest absolute Gasteiger partial charge is 0.384 e. The van der Waals surface area contributed by atoms with Gasteiger partial charge in [0, 0.05) is 35.0 Å². The molecule has 0 aliphatic carbocycles. The van der Waals surface area contributed by atoms with Crippen LogP contribution >= 0.6 is 34.5 Å². The highest BCUT2D eigenvalue weighted by atomic mass is 35.5. The Morgan fingerprint density at radius 1 is 1.03 bits per heavy atom. The van der Waals surface area contributed by atoms with E-state index in [4.69, 9.17) is 32.9 Å². The van der Waals surface area contributed by atoms with Crippen LogP contribution in [0.15, 0.2) is 60.7 Å². The lowest BCUT2D eigenvalue weighted by Gasteiger charge is -2.17. The maximum atomic E-state index is 6.38. The molecule has 3 aromatic carbocycles. The molecule has 32 heavy (non-hydrogen) atoms. The fourth-order valence-electron chi connectivity index (χ4n) is 3.96. The second kappa shape index (κ2) is 10.7. The number of anilines is 1. The van der Waals surface area contributed by atoms with Gasteiger partial charge in [-0.3, -0.25) is 0 Å². The molecule has 0 fully saturated rings. The average Bonchev–Trinajstić information content (AvgIpc) is 3.15. The smallest absolute Gasteiger partial charge is 0.183 e. The molecule has 0 bridgehead atoms. The molecule has 1 heterocycles. The van der Waals surface area contributed by atoms with Crippen molar-refractivity contribution >= 4 is 50.4 Å². The van der Waals surface area contributed by atoms with Gasteiger partial charge in [-0.15, -0.1) is 11.3 Å². The third kappa shape index (κ3) is 5.44. The zero-order chi connectivity index (χ0) is 22.5. The highest BCUT2D eigenvalue weighted by Gasteiger charge is 2.14. The first-order valence-electron chi connectivity index (χ1n) is 10.7. The van der Waals surface area contributed by atoms with Crippen LogP contribution in [0.4, 0.5) is 5.13 Å². The molecule has 3 nitrogen and oxygen atoms in total. The monoisotopic (exact) mass is 484 g/mol. The molecule has 1 atom stereocenters. The van der Waals surface area contributed by atoms with Crippen molar-refractivity contribution in [2.45, 2.75) is 25.7 Å². The Bertz CT molecular complexity index is 1210. The second-order valence-corrected chi connectivity index (χ2v) is 9.92. The quantitative estimate of drug-likeness (QED) is 0.243. The number of hydrogen-bond acceptors (Lipinski definition) is 4. The number of fused-ring (bicyclic) bond motifs is 1. The van der Waals surface area contributed by atoms with Crippen molar-refractivity contribution in [2.24, 2.45) is 0 Å². The fraction of sp³-hybridized carbons (Fsp3) is 0.269. The summed E-state index contributed by atoms with van der Waals surface area (Å²) in [5.74, 6) is 0.368. The van der Waals surface area contributed by atoms with Crippen LogP contribution < -0.4 is 5.32 Å². The highest BCUT2D eigenvalue weighted by molar-refractivity contribution is 7.16. The van der Waals surface area contributed by atoms with E-state index in [1.54, 1.807) is 24.5 Å². The number of aryl methyl sites for hydroxylation is 1. The molecule has 0 aliphatic rings. The molecule has 4 rings (SSSR count). The van der Waals surface area contributed by atoms with Crippen LogP contribution in [-0.4, -0.2) is 25.2 Å². The topological polar surface area (TPSA) is 34.1 Å². The van der Waals surface area contributed by atoms with Crippen LogP contribution in [0, 0.1) is 6.92 Å². The van der Waals surface area contributed by atoms with E-state index in [9.17, 15) is 0 Å². The maximum absolute atomic E-state index is 6.38. The van der Waals surface area contributed by atoms with Crippen molar-refractivity contribution in [2.75, 3.05) is 25.6 Å². The molecule has 1 N–H and O–H groups in total. The summed E-state index contributed by atoms with van der Waals surface area (Å²) in [5.41, 5.74) is 3.15. The molecule has 6 heteroatoms. The summed E-state index contributed by atoms with van der Waals surface area (Å²) in [7, 11) is 1.77. The van der Waals surface area contributed by atoms with Crippen molar-refractivity contribution in [3.05, 3.63) is 81.1 Å². The molecule has 166 valence electrons. The number of rotatable bonds is 9. The summed E-state index contributed by atoms with van der Waals surface area (Å²) in [6, 6.07) is 20.7. The molecular weight excluding hydrogens is 459 g/mol. The van der Waals surface area contributed by atoms with Gasteiger partial charge in [-0.25, -0.2) is 4.98 Å². The number of methoxy groups -OCH3 is 1. The highest BCUT2D eigenvalue weighted by Crippen LogP contribution is 2.36. The van der Waals surface area contributed by atoms with Crippen LogP contribution in [0.25, 0.3) is 22.0 Å². The molecule has 0 aliphatic heterocycles. The Morgan fingerprint density at radius 3 is 2.62 bits per heavy atom. The number of halogens is 2. The summed E-state index contributed by atoms with van der Waals surface area (Å²) in [5, 5.41) is 8.19. The third-order valence-electron chi connectivity index (χ3n) is 5.60. The summed E-state index contributed by atoms with van der Waals surface area (Å²) in [6.07, 6.45) is 2.07. The SMILES string of the molecule is COCC(CCCNc1nc(-c2ccc(Cl)cc2Cl)c(C)s1)c1ccc2ccccc2c1. The molecule has 0 radical (unpaired) electrons. The Balaban J connectivity index is 1.38. The lowest BCUT2D eigenvalue weighted by molar-refractivity contribution is 0.175. The van der Waals surface area contributed by atoms with Gasteiger partial charge in [0.1, 0.15) is 0 Å². The minimum absolute atomic E-state index is 0.368. The van der Waals surface area contributed by atoms with Gasteiger partial charge >= 0.3 is 0 Å². The summed E-state index contributed by atoms with van der Waals surface area (Å²) >= 11 is 14.1. The van der Waals surface area contributed by atoms with Gasteiger partial charge < -0.3 is 10.1 Å². The van der Waals surface area contributed by atoms with Crippen molar-refractivity contribution in [3.63, 3.8) is 0 Å². The Labute approximate surface area is 203 Å². The van der Waals surface area contributed by atoms with E-state index in [-0.39, 0.29) is 0 Å². The molecule has 0 saturated heterocycles. The van der Waals surface area contributed by atoms with Gasteiger partial charge in [-0.2, -0.15) is 0 Å². The standard InChI is InChI=1S/C26H26Cl2N2OS/c1-17-25(23-12-11-22(27)15-24(23)28)30-26(32-17)29-13-5-8-21(16-31-2)20-10-9-18-6-3-4-7-19(18)14-20/h3-4,6-7,9-12,14-15,21H,5,8,13,16H2,1-2H3,(H,29,30). The van der Waals surface area contributed by atoms with E-state index >= 15 is 0 Å². The van der Waals surface area contributed by atoms with Gasteiger partial charge in [-0.1, -0.05) is 65.7 Å². The number of nitrogens with one attached hydrogen (secondary N) is 1. The predicted molar refractivity (Wildman–Crippen MR) is 139 cm³/mol. The molecule has 0 saturated carbocycles. The molecule has 0 amide bonds. The molecule has 4 aromatic rings. The van der Waals surface area contributed by atoms with Crippen molar-refractivity contribution in [1.29, 1.82) is 0 Å². The van der Waals surface area contributed by atoms with E-state index in [0.29, 0.717) is 22.6 Å². The number of benzene rings is 3. The van der Waals surface area contributed by atoms with Crippen LogP contribution in [0.2, 0.25) is 10.0 Å². The first-order valence-corrected chi connectivity index (χ1v) is 12.3. The van der Waals surface area contributed by atoms with E-state index < -0.39 is 0 Å². The maximum Gasteiger partial charge on any atom is 0.183 e. The lowest BCUT2D eigenvalue weighted by atomic mass is 9.93. The van der Waals surface area contributed by atoms with Gasteiger partial charge in [-0.05, 0) is 54.3 Å². The van der Waals surface area contributed by atoms with Crippen LogP contribution in [0.3, 0.4) is 0 Å². The van der Waals surface area contributed by atoms with Crippen LogP contribution in [0.5, 0.6) is 0 Å². The van der Waals surface area contributed by atoms with E-state index in [1.807, 2.05) is 12.1 Å². The zero-order valence-corrected chi connectivity index (χ0v) is 20.5. The Morgan fingerprint density at radius 2 is 1.84 bits per heavy atom. The first-order chi connectivity index (χ1) is 15.5. The molecular formula is C26H26Cl2N2OS. The lowest BCUT2D eigenvalue weighted by Crippen LogP contribution is -2.09. The predicted octanol–water partition coefficient (Wildman–Crippen LogP) is 8.20. The normalized spacial score (nSPS) is 12.2. The van der Waals surface area contributed by atoms with Gasteiger partial charge in [0.25, 0.3) is 0 Å². The summed E-state index contributed by atoms with van der Waals surface area (Å²) in [4.78, 5) is 5.90. The summed E-state index contributed by atoms with van der Waals surface area (Å²) in [6.45, 7) is 3.64. The summed E-state index contributed by atoms with van der Waals surface area (Å²) < 4.78 is 5.52. The third-order valence-corrected chi connectivity index (χ3v) is 7.08. The van der Waals surface area contributed by atoms with Crippen molar-refractivity contribution in [3.8, 4) is 11.3 Å². The number of thiazole rings is 1. The van der Waals surface area contributed by atoms with Crippen molar-refractivity contribution < 1.29 is 4.74 Å². The minimum atomic E-state index is 0.368. The zero-order valence-electron chi connectivity index (χ0n) is 18.2. The first kappa shape index (κ1) is 23.1. The molecule has 1 unspecified atom stereocenters. The number of hydrogen-bond donors (Lipinski definition) is 1. The molecule has 1 aromatic heterocycles. The number of aromatic nitrogens is 1. The van der Waals surface area contributed by atoms with E-state index in [2.05, 4.69) is 54.7 Å². The average molecular weight is 485 g/mol. The van der Waals surface area contributed by atoms with E-state index in [0.717, 1.165) is 40.7 Å². The van der Waals surface area contributed by atoms with Crippen LogP contribution in [0.1, 0.15) is 29.2 Å². The molecule has 0 spiro atoms. The van der Waals surface area contributed by atoms with Gasteiger partial charge in [0.2, 0.25) is 0 Å². The Hall–Kier alpha value is -2.11. The minimum Gasteiger partial charge on any atom is -0.384 e.